The average Bonchev–Trinajstić information content (AvgIpc) is 2.48. The van der Waals surface area contributed by atoms with Gasteiger partial charge in [0.15, 0.2) is 0 Å². The third-order valence-corrected chi connectivity index (χ3v) is 5.08. The van der Waals surface area contributed by atoms with Gasteiger partial charge in [-0.15, -0.1) is 0 Å². The highest BCUT2D eigenvalue weighted by Crippen LogP contribution is 2.59. The molecule has 0 aliphatic heterocycles. The number of carbonyl (C=O) groups excluding carboxylic acids is 1. The second kappa shape index (κ2) is 7.41. The van der Waals surface area contributed by atoms with Crippen molar-refractivity contribution in [3.05, 3.63) is 11.6 Å². The summed E-state index contributed by atoms with van der Waals surface area (Å²) in [4.78, 5) is 11.7. The van der Waals surface area contributed by atoms with Crippen molar-refractivity contribution in [2.45, 2.75) is 39.5 Å². The van der Waals surface area contributed by atoms with E-state index in [0.717, 1.165) is 12.3 Å². The van der Waals surface area contributed by atoms with Gasteiger partial charge in [0.25, 0.3) is 0 Å². The Kier molecular flexibility index (Phi) is 5.82. The third kappa shape index (κ3) is 4.07. The van der Waals surface area contributed by atoms with Crippen molar-refractivity contribution in [2.24, 2.45) is 17.3 Å². The van der Waals surface area contributed by atoms with Crippen LogP contribution in [0.3, 0.4) is 0 Å². The Bertz CT molecular complexity index is 386. The van der Waals surface area contributed by atoms with Crippen molar-refractivity contribution in [3.8, 4) is 0 Å². The molecule has 0 spiro atoms. The van der Waals surface area contributed by atoms with Gasteiger partial charge >= 0.3 is 5.97 Å². The van der Waals surface area contributed by atoms with Crippen LogP contribution >= 0.6 is 0 Å². The maximum absolute atomic E-state index is 11.7. The minimum atomic E-state index is -0.120. The molecular weight excluding hydrogens is 268 g/mol. The van der Waals surface area contributed by atoms with Gasteiger partial charge in [0.1, 0.15) is 6.61 Å². The number of methoxy groups -OCH3 is 1. The molecule has 0 N–H and O–H groups in total. The monoisotopic (exact) mass is 296 g/mol. The van der Waals surface area contributed by atoms with Gasteiger partial charge in [-0.2, -0.15) is 0 Å². The summed E-state index contributed by atoms with van der Waals surface area (Å²) in [5, 5.41) is 0. The molecule has 1 saturated carbocycles. The number of allylic oxidation sites excluding steroid dienone is 1. The first-order valence-corrected chi connectivity index (χ1v) is 7.97. The zero-order chi connectivity index (χ0) is 15.3. The maximum atomic E-state index is 11.7. The Hall–Kier alpha value is -0.870. The van der Waals surface area contributed by atoms with Crippen molar-refractivity contribution < 1.29 is 19.0 Å². The van der Waals surface area contributed by atoms with Crippen LogP contribution in [0.5, 0.6) is 0 Å². The molecule has 1 fully saturated rings. The van der Waals surface area contributed by atoms with Crippen LogP contribution in [0, 0.1) is 17.3 Å². The van der Waals surface area contributed by atoms with Crippen LogP contribution in [-0.4, -0.2) is 39.5 Å². The van der Waals surface area contributed by atoms with E-state index >= 15 is 0 Å². The molecule has 0 radical (unpaired) electrons. The molecule has 0 aromatic carbocycles. The molecule has 0 amide bonds. The van der Waals surface area contributed by atoms with Gasteiger partial charge < -0.3 is 14.2 Å². The van der Waals surface area contributed by atoms with Gasteiger partial charge in [-0.05, 0) is 42.1 Å². The van der Waals surface area contributed by atoms with Crippen LogP contribution in [0.1, 0.15) is 39.5 Å². The molecule has 0 unspecified atom stereocenters. The highest BCUT2D eigenvalue weighted by atomic mass is 16.5. The van der Waals surface area contributed by atoms with Crippen molar-refractivity contribution in [1.82, 2.24) is 0 Å². The summed E-state index contributed by atoms with van der Waals surface area (Å²) in [6.45, 7) is 6.89. The summed E-state index contributed by atoms with van der Waals surface area (Å²) in [6, 6.07) is 0. The second-order valence-electron chi connectivity index (χ2n) is 6.69. The lowest BCUT2D eigenvalue weighted by molar-refractivity contribution is -0.144. The fraction of sp³-hybridized carbons (Fsp3) is 0.824. The largest absolute Gasteiger partial charge is 0.461 e. The number of hydrogen-bond acceptors (Lipinski definition) is 4. The Morgan fingerprint density at radius 2 is 2.14 bits per heavy atom. The van der Waals surface area contributed by atoms with E-state index in [9.17, 15) is 4.79 Å². The Morgan fingerprint density at radius 1 is 1.33 bits per heavy atom. The molecule has 2 bridgehead atoms. The van der Waals surface area contributed by atoms with Gasteiger partial charge in [-0.1, -0.05) is 19.9 Å². The standard InChI is InChI=1S/C17H28O4/c1-17(2)14-7-6-13(15(17)11-14)12-21-16(18)5-4-8-20-10-9-19-3/h6,14-15H,4-5,7-12H2,1-3H3/t14-,15-/m0/s1. The first-order chi connectivity index (χ1) is 10.1. The van der Waals surface area contributed by atoms with E-state index in [4.69, 9.17) is 14.2 Å². The molecule has 2 atom stereocenters. The summed E-state index contributed by atoms with van der Waals surface area (Å²) in [5.74, 6) is 1.32. The van der Waals surface area contributed by atoms with Crippen LogP contribution < -0.4 is 0 Å². The van der Waals surface area contributed by atoms with Gasteiger partial charge in [0.05, 0.1) is 13.2 Å². The van der Waals surface area contributed by atoms with Crippen molar-refractivity contribution in [1.29, 1.82) is 0 Å². The third-order valence-electron chi connectivity index (χ3n) is 5.08. The number of hydrogen-bond donors (Lipinski definition) is 0. The summed E-state index contributed by atoms with van der Waals surface area (Å²) in [5.41, 5.74) is 1.72. The van der Waals surface area contributed by atoms with Crippen LogP contribution in [0.15, 0.2) is 11.6 Å². The fourth-order valence-electron chi connectivity index (χ4n) is 3.44. The van der Waals surface area contributed by atoms with Gasteiger partial charge in [-0.3, -0.25) is 4.79 Å². The molecule has 4 heteroatoms. The molecule has 21 heavy (non-hydrogen) atoms. The van der Waals surface area contributed by atoms with Crippen LogP contribution in [0.4, 0.5) is 0 Å². The van der Waals surface area contributed by atoms with Crippen LogP contribution in [-0.2, 0) is 19.0 Å². The van der Waals surface area contributed by atoms with Gasteiger partial charge in [-0.25, -0.2) is 0 Å². The lowest BCUT2D eigenvalue weighted by Gasteiger charge is -2.56. The molecule has 0 saturated heterocycles. The average molecular weight is 296 g/mol. The SMILES string of the molecule is COCCOCCCC(=O)OCC1=CC[C@H]2C[C@@H]1C2(C)C. The van der Waals surface area contributed by atoms with Crippen molar-refractivity contribution in [2.75, 3.05) is 33.5 Å². The van der Waals surface area contributed by atoms with Crippen LogP contribution in [0.2, 0.25) is 0 Å². The molecule has 3 rings (SSSR count). The van der Waals surface area contributed by atoms with E-state index < -0.39 is 0 Å². The highest BCUT2D eigenvalue weighted by Gasteiger charge is 2.51. The molecule has 0 aromatic heterocycles. The lowest BCUT2D eigenvalue weighted by Crippen LogP contribution is -2.48. The number of esters is 1. The van der Waals surface area contributed by atoms with E-state index in [2.05, 4.69) is 19.9 Å². The number of ether oxygens (including phenoxy) is 3. The minimum Gasteiger partial charge on any atom is -0.461 e. The van der Waals surface area contributed by atoms with Crippen LogP contribution in [0.25, 0.3) is 0 Å². The van der Waals surface area contributed by atoms with Gasteiger partial charge in [0.2, 0.25) is 0 Å². The Labute approximate surface area is 127 Å². The Morgan fingerprint density at radius 3 is 2.81 bits per heavy atom. The first kappa shape index (κ1) is 16.5. The molecule has 3 aliphatic rings. The maximum Gasteiger partial charge on any atom is 0.306 e. The first-order valence-electron chi connectivity index (χ1n) is 7.97. The minimum absolute atomic E-state index is 0.120. The predicted octanol–water partition coefficient (Wildman–Crippen LogP) is 2.97. The quantitative estimate of drug-likeness (QED) is 0.373. The molecule has 3 aliphatic carbocycles. The summed E-state index contributed by atoms with van der Waals surface area (Å²) in [6.07, 6.45) is 5.83. The number of rotatable bonds is 9. The van der Waals surface area contributed by atoms with E-state index in [1.54, 1.807) is 7.11 Å². The van der Waals surface area contributed by atoms with Crippen molar-refractivity contribution >= 4 is 5.97 Å². The smallest absolute Gasteiger partial charge is 0.306 e. The van der Waals surface area contributed by atoms with E-state index in [-0.39, 0.29) is 5.97 Å². The van der Waals surface area contributed by atoms with E-state index in [1.165, 1.54) is 12.0 Å². The summed E-state index contributed by atoms with van der Waals surface area (Å²) in [7, 11) is 1.65. The molecular formula is C17H28O4. The zero-order valence-corrected chi connectivity index (χ0v) is 13.5. The van der Waals surface area contributed by atoms with Crippen molar-refractivity contribution in [3.63, 3.8) is 0 Å². The molecule has 0 heterocycles. The number of fused-ring (bicyclic) bond motifs is 1. The number of carbonyl (C=O) groups is 1. The normalized spacial score (nSPS) is 26.0. The summed E-state index contributed by atoms with van der Waals surface area (Å²) >= 11 is 0. The summed E-state index contributed by atoms with van der Waals surface area (Å²) < 4.78 is 15.6. The molecule has 120 valence electrons. The highest BCUT2D eigenvalue weighted by molar-refractivity contribution is 5.69. The Balaban J connectivity index is 1.58. The zero-order valence-electron chi connectivity index (χ0n) is 13.5. The lowest BCUT2D eigenvalue weighted by atomic mass is 9.49. The molecule has 4 nitrogen and oxygen atoms in total. The molecule has 0 aromatic rings. The predicted molar refractivity (Wildman–Crippen MR) is 81.0 cm³/mol. The topological polar surface area (TPSA) is 44.8 Å². The second-order valence-corrected chi connectivity index (χ2v) is 6.69. The van der Waals surface area contributed by atoms with Gasteiger partial charge in [0, 0.05) is 20.1 Å². The fourth-order valence-corrected chi connectivity index (χ4v) is 3.44. The van der Waals surface area contributed by atoms with E-state index in [0.29, 0.717) is 50.6 Å². The van der Waals surface area contributed by atoms with E-state index in [1.807, 2.05) is 0 Å².